The van der Waals surface area contributed by atoms with Gasteiger partial charge in [-0.25, -0.2) is 0 Å². The first kappa shape index (κ1) is 15.5. The van der Waals surface area contributed by atoms with Gasteiger partial charge in [0.05, 0.1) is 0 Å². The Bertz CT molecular complexity index is 721. The molecule has 0 radical (unpaired) electrons. The van der Waals surface area contributed by atoms with Crippen LogP contribution in [-0.2, 0) is 9.53 Å². The van der Waals surface area contributed by atoms with E-state index in [1.54, 1.807) is 12.1 Å². The minimum atomic E-state index is -0.441. The number of carbonyl (C=O) groups is 1. The Balaban J connectivity index is 2.11. The molecule has 2 aromatic rings. The first-order valence-electron chi connectivity index (χ1n) is 6.68. The summed E-state index contributed by atoms with van der Waals surface area (Å²) in [5.41, 5.74) is 2.71. The lowest BCUT2D eigenvalue weighted by Gasteiger charge is -2.33. The van der Waals surface area contributed by atoms with E-state index < -0.39 is 6.23 Å². The minimum absolute atomic E-state index is 0.0373. The quantitative estimate of drug-likeness (QED) is 0.778. The summed E-state index contributed by atoms with van der Waals surface area (Å²) in [6.07, 6.45) is 0.122. The molecule has 0 fully saturated rings. The topological polar surface area (TPSA) is 38.3 Å². The van der Waals surface area contributed by atoms with Crippen LogP contribution in [-0.4, -0.2) is 12.7 Å². The Labute approximate surface area is 143 Å². The van der Waals surface area contributed by atoms with Gasteiger partial charge in [-0.3, -0.25) is 4.79 Å². The zero-order chi connectivity index (χ0) is 15.7. The molecule has 22 heavy (non-hydrogen) atoms. The third kappa shape index (κ3) is 3.02. The fourth-order valence-corrected chi connectivity index (χ4v) is 3.63. The van der Waals surface area contributed by atoms with Crippen LogP contribution >= 0.6 is 34.8 Å². The molecule has 1 aliphatic heterocycles. The van der Waals surface area contributed by atoms with Crippen molar-refractivity contribution in [2.24, 2.45) is 0 Å². The molecule has 1 aliphatic rings. The lowest BCUT2D eigenvalue weighted by atomic mass is 9.84. The molecule has 0 bridgehead atoms. The van der Waals surface area contributed by atoms with Crippen LogP contribution in [0.25, 0.3) is 0 Å². The number of hydrogen-bond donors (Lipinski definition) is 1. The molecule has 3 nitrogen and oxygen atoms in total. The van der Waals surface area contributed by atoms with Crippen molar-refractivity contribution < 1.29 is 9.53 Å². The van der Waals surface area contributed by atoms with Crippen LogP contribution in [0.2, 0.25) is 15.1 Å². The predicted molar refractivity (Wildman–Crippen MR) is 88.9 cm³/mol. The highest BCUT2D eigenvalue weighted by Crippen LogP contribution is 2.44. The maximum absolute atomic E-state index is 10.7. The van der Waals surface area contributed by atoms with Crippen molar-refractivity contribution in [3.8, 4) is 0 Å². The predicted octanol–water partition coefficient (Wildman–Crippen LogP) is 5.09. The molecule has 1 N–H and O–H groups in total. The Morgan fingerprint density at radius 3 is 2.68 bits per heavy atom. The molecule has 2 aromatic carbocycles. The molecule has 0 amide bonds. The largest absolute Gasteiger partial charge is 0.444 e. The van der Waals surface area contributed by atoms with Crippen LogP contribution in [0.5, 0.6) is 0 Å². The van der Waals surface area contributed by atoms with Gasteiger partial charge in [-0.15, -0.1) is 0 Å². The van der Waals surface area contributed by atoms with Gasteiger partial charge in [-0.2, -0.15) is 0 Å². The molecular formula is C16H12Cl3NO2. The molecule has 0 saturated heterocycles. The van der Waals surface area contributed by atoms with Gasteiger partial charge in [-0.1, -0.05) is 46.9 Å². The van der Waals surface area contributed by atoms with E-state index in [0.717, 1.165) is 16.8 Å². The van der Waals surface area contributed by atoms with E-state index in [2.05, 4.69) is 5.32 Å². The van der Waals surface area contributed by atoms with Crippen molar-refractivity contribution in [3.05, 3.63) is 62.6 Å². The van der Waals surface area contributed by atoms with Gasteiger partial charge >= 0.3 is 0 Å². The van der Waals surface area contributed by atoms with Crippen LogP contribution in [0.15, 0.2) is 36.4 Å². The molecule has 0 aliphatic carbocycles. The molecular weight excluding hydrogens is 345 g/mol. The normalized spacial score (nSPS) is 20.0. The van der Waals surface area contributed by atoms with Crippen molar-refractivity contribution >= 4 is 47.0 Å². The summed E-state index contributed by atoms with van der Waals surface area (Å²) in [5.74, 6) is -0.0373. The van der Waals surface area contributed by atoms with E-state index in [4.69, 9.17) is 39.5 Å². The summed E-state index contributed by atoms with van der Waals surface area (Å²) in [4.78, 5) is 10.7. The fraction of sp³-hybridized carbons (Fsp3) is 0.188. The lowest BCUT2D eigenvalue weighted by molar-refractivity contribution is -0.132. The van der Waals surface area contributed by atoms with Gasteiger partial charge in [0.15, 0.2) is 6.23 Å². The summed E-state index contributed by atoms with van der Waals surface area (Å²) < 4.78 is 5.09. The highest BCUT2D eigenvalue weighted by molar-refractivity contribution is 6.35. The van der Waals surface area contributed by atoms with Crippen LogP contribution in [0.1, 0.15) is 23.5 Å². The Hall–Kier alpha value is -1.42. The molecule has 2 unspecified atom stereocenters. The Kier molecular flexibility index (Phi) is 4.48. The number of carbonyl (C=O) groups excluding carboxylic acids is 1. The van der Waals surface area contributed by atoms with Crippen LogP contribution in [0.4, 0.5) is 5.69 Å². The first-order valence-corrected chi connectivity index (χ1v) is 7.82. The van der Waals surface area contributed by atoms with Crippen molar-refractivity contribution in [2.75, 3.05) is 5.32 Å². The molecule has 3 rings (SSSR count). The number of benzene rings is 2. The van der Waals surface area contributed by atoms with Crippen molar-refractivity contribution in [2.45, 2.75) is 18.6 Å². The van der Waals surface area contributed by atoms with E-state index >= 15 is 0 Å². The van der Waals surface area contributed by atoms with Gasteiger partial charge in [-0.05, 0) is 29.8 Å². The monoisotopic (exact) mass is 355 g/mol. The van der Waals surface area contributed by atoms with E-state index in [1.165, 1.54) is 0 Å². The molecule has 0 saturated carbocycles. The van der Waals surface area contributed by atoms with Crippen molar-refractivity contribution in [3.63, 3.8) is 0 Å². The van der Waals surface area contributed by atoms with E-state index in [-0.39, 0.29) is 5.92 Å². The Morgan fingerprint density at radius 1 is 1.14 bits per heavy atom. The molecule has 2 atom stereocenters. The molecule has 114 valence electrons. The van der Waals surface area contributed by atoms with E-state index in [1.807, 2.05) is 24.3 Å². The second-order valence-electron chi connectivity index (χ2n) is 5.06. The first-order chi connectivity index (χ1) is 10.6. The van der Waals surface area contributed by atoms with E-state index in [9.17, 15) is 4.79 Å². The smallest absolute Gasteiger partial charge is 0.294 e. The highest BCUT2D eigenvalue weighted by atomic mass is 35.5. The number of fused-ring (bicyclic) bond motifs is 1. The number of anilines is 1. The third-order valence-electron chi connectivity index (χ3n) is 3.68. The van der Waals surface area contributed by atoms with Crippen molar-refractivity contribution in [1.29, 1.82) is 0 Å². The minimum Gasteiger partial charge on any atom is -0.444 e. The number of hydrogen-bond acceptors (Lipinski definition) is 3. The Morgan fingerprint density at radius 2 is 1.95 bits per heavy atom. The third-order valence-corrected chi connectivity index (χ3v) is 4.45. The molecule has 0 spiro atoms. The summed E-state index contributed by atoms with van der Waals surface area (Å²) >= 11 is 18.6. The van der Waals surface area contributed by atoms with Gasteiger partial charge in [0.25, 0.3) is 6.47 Å². The van der Waals surface area contributed by atoms with Gasteiger partial charge in [0, 0.05) is 38.7 Å². The fourth-order valence-electron chi connectivity index (χ4n) is 2.81. The number of ether oxygens (including phenoxy) is 1. The second kappa shape index (κ2) is 6.37. The summed E-state index contributed by atoms with van der Waals surface area (Å²) in [6.45, 7) is 0.434. The van der Waals surface area contributed by atoms with Crippen molar-refractivity contribution in [1.82, 2.24) is 0 Å². The molecule has 6 heteroatoms. The SMILES string of the molecule is O=COC1CC(c2cccc(Cl)c2)c2c(Cl)cc(Cl)cc2N1. The van der Waals surface area contributed by atoms with Gasteiger partial charge < -0.3 is 10.1 Å². The summed E-state index contributed by atoms with van der Waals surface area (Å²) in [5, 5.41) is 4.88. The van der Waals surface area contributed by atoms with Crippen LogP contribution in [0, 0.1) is 0 Å². The molecule has 0 aromatic heterocycles. The van der Waals surface area contributed by atoms with Crippen LogP contribution < -0.4 is 5.32 Å². The maximum Gasteiger partial charge on any atom is 0.294 e. The number of rotatable bonds is 3. The van der Waals surface area contributed by atoms with Gasteiger partial charge in [0.1, 0.15) is 0 Å². The standard InChI is InChI=1S/C16H12Cl3NO2/c17-10-3-1-2-9(4-10)12-7-15(22-8-21)20-14-6-11(18)5-13(19)16(12)14/h1-6,8,12,15,20H,7H2. The zero-order valence-electron chi connectivity index (χ0n) is 11.4. The maximum atomic E-state index is 10.7. The summed E-state index contributed by atoms with van der Waals surface area (Å²) in [7, 11) is 0. The van der Waals surface area contributed by atoms with E-state index in [0.29, 0.717) is 28.0 Å². The average molecular weight is 357 g/mol. The highest BCUT2D eigenvalue weighted by Gasteiger charge is 2.31. The zero-order valence-corrected chi connectivity index (χ0v) is 13.6. The second-order valence-corrected chi connectivity index (χ2v) is 6.34. The summed E-state index contributed by atoms with van der Waals surface area (Å²) in [6, 6.07) is 11.1. The van der Waals surface area contributed by atoms with Gasteiger partial charge in [0.2, 0.25) is 0 Å². The molecule has 1 heterocycles. The van der Waals surface area contributed by atoms with Crippen LogP contribution in [0.3, 0.4) is 0 Å². The average Bonchev–Trinajstić information content (AvgIpc) is 2.46. The number of nitrogens with one attached hydrogen (secondary N) is 1. The number of halogens is 3. The lowest BCUT2D eigenvalue weighted by Crippen LogP contribution is -2.31.